The second kappa shape index (κ2) is 4.78. The van der Waals surface area contributed by atoms with Crippen LogP contribution >= 0.6 is 0 Å². The number of nitrogens with zero attached hydrogens (tertiary/aromatic N) is 1. The summed E-state index contributed by atoms with van der Waals surface area (Å²) in [4.78, 5) is 4.57. The molecule has 2 N–H and O–H groups in total. The average molecular weight is 252 g/mol. The van der Waals surface area contributed by atoms with E-state index in [1.54, 1.807) is 0 Å². The number of rotatable bonds is 2. The summed E-state index contributed by atoms with van der Waals surface area (Å²) >= 11 is 0. The lowest BCUT2D eigenvalue weighted by atomic mass is 9.86. The highest BCUT2D eigenvalue weighted by Gasteiger charge is 2.30. The molecule has 1 aliphatic rings. The number of hydrogen-bond donors (Lipinski definition) is 1. The zero-order valence-electron chi connectivity index (χ0n) is 11.6. The first-order chi connectivity index (χ1) is 9.18. The molecule has 0 amide bonds. The molecule has 2 nitrogen and oxygen atoms in total. The summed E-state index contributed by atoms with van der Waals surface area (Å²) in [6.45, 7) is 4.30. The minimum Gasteiger partial charge on any atom is -0.323 e. The van der Waals surface area contributed by atoms with Crippen LogP contribution in [0.5, 0.6) is 0 Å². The van der Waals surface area contributed by atoms with Crippen molar-refractivity contribution in [1.82, 2.24) is 4.98 Å². The fourth-order valence-corrected chi connectivity index (χ4v) is 3.35. The predicted octanol–water partition coefficient (Wildman–Crippen LogP) is 3.43. The highest BCUT2D eigenvalue weighted by molar-refractivity contribution is 5.40. The van der Waals surface area contributed by atoms with Crippen LogP contribution in [-0.4, -0.2) is 4.98 Å². The Balaban J connectivity index is 2.00. The Labute approximate surface area is 114 Å². The Hall–Kier alpha value is -1.67. The lowest BCUT2D eigenvalue weighted by Gasteiger charge is -2.23. The second-order valence-electron chi connectivity index (χ2n) is 5.52. The van der Waals surface area contributed by atoms with Crippen LogP contribution in [-0.2, 0) is 6.42 Å². The molecule has 0 aliphatic heterocycles. The van der Waals surface area contributed by atoms with Crippen molar-refractivity contribution in [3.8, 4) is 0 Å². The normalized spacial score (nSPS) is 19.2. The largest absolute Gasteiger partial charge is 0.323 e. The van der Waals surface area contributed by atoms with Crippen LogP contribution in [0.3, 0.4) is 0 Å². The lowest BCUT2D eigenvalue weighted by Crippen LogP contribution is -2.21. The maximum absolute atomic E-state index is 6.58. The van der Waals surface area contributed by atoms with Gasteiger partial charge in [0.25, 0.3) is 0 Å². The molecule has 2 unspecified atom stereocenters. The van der Waals surface area contributed by atoms with Crippen molar-refractivity contribution in [1.29, 1.82) is 0 Å². The van der Waals surface area contributed by atoms with Crippen LogP contribution < -0.4 is 5.73 Å². The molecule has 3 rings (SSSR count). The van der Waals surface area contributed by atoms with Crippen molar-refractivity contribution in [2.75, 3.05) is 0 Å². The molecule has 1 aromatic heterocycles. The summed E-state index contributed by atoms with van der Waals surface area (Å²) in [5, 5.41) is 0. The number of hydrogen-bond acceptors (Lipinski definition) is 2. The SMILES string of the molecule is Cc1cccc(C)c1C(N)C1CCc2cccnc21. The number of pyridine rings is 1. The lowest BCUT2D eigenvalue weighted by molar-refractivity contribution is 0.537. The number of fused-ring (bicyclic) bond motifs is 1. The number of aromatic nitrogens is 1. The third-order valence-electron chi connectivity index (χ3n) is 4.31. The van der Waals surface area contributed by atoms with Crippen molar-refractivity contribution in [2.24, 2.45) is 5.73 Å². The minimum atomic E-state index is 0.0531. The molecule has 0 fully saturated rings. The highest BCUT2D eigenvalue weighted by atomic mass is 14.8. The summed E-state index contributed by atoms with van der Waals surface area (Å²) in [5.41, 5.74) is 13.0. The first-order valence-electron chi connectivity index (χ1n) is 6.94. The van der Waals surface area contributed by atoms with Crippen LogP contribution in [0, 0.1) is 13.8 Å². The molecule has 2 heteroatoms. The monoisotopic (exact) mass is 252 g/mol. The molecule has 1 heterocycles. The predicted molar refractivity (Wildman–Crippen MR) is 78.1 cm³/mol. The van der Waals surface area contributed by atoms with Gasteiger partial charge in [0, 0.05) is 23.9 Å². The van der Waals surface area contributed by atoms with Crippen molar-refractivity contribution in [3.63, 3.8) is 0 Å². The number of nitrogens with two attached hydrogens (primary N) is 1. The van der Waals surface area contributed by atoms with Gasteiger partial charge in [0.1, 0.15) is 0 Å². The fourth-order valence-electron chi connectivity index (χ4n) is 3.35. The fraction of sp³-hybridized carbons (Fsp3) is 0.353. The van der Waals surface area contributed by atoms with E-state index in [0.717, 1.165) is 12.8 Å². The zero-order chi connectivity index (χ0) is 13.4. The standard InChI is InChI=1S/C17H20N2/c1-11-5-3-6-12(2)15(11)16(18)14-9-8-13-7-4-10-19-17(13)14/h3-7,10,14,16H,8-9,18H2,1-2H3. The van der Waals surface area contributed by atoms with E-state index in [-0.39, 0.29) is 6.04 Å². The average Bonchev–Trinajstić information content (AvgIpc) is 2.82. The smallest absolute Gasteiger partial charge is 0.0485 e. The van der Waals surface area contributed by atoms with E-state index in [4.69, 9.17) is 5.73 Å². The molecule has 19 heavy (non-hydrogen) atoms. The van der Waals surface area contributed by atoms with Crippen LogP contribution in [0.15, 0.2) is 36.5 Å². The van der Waals surface area contributed by atoms with Gasteiger partial charge >= 0.3 is 0 Å². The van der Waals surface area contributed by atoms with Crippen molar-refractivity contribution >= 4 is 0 Å². The van der Waals surface area contributed by atoms with E-state index in [1.807, 2.05) is 12.3 Å². The van der Waals surface area contributed by atoms with E-state index in [2.05, 4.69) is 43.1 Å². The van der Waals surface area contributed by atoms with E-state index in [1.165, 1.54) is 27.9 Å². The van der Waals surface area contributed by atoms with Gasteiger partial charge in [-0.05, 0) is 55.0 Å². The third-order valence-corrected chi connectivity index (χ3v) is 4.31. The van der Waals surface area contributed by atoms with Crippen molar-refractivity contribution < 1.29 is 0 Å². The summed E-state index contributed by atoms with van der Waals surface area (Å²) in [5.74, 6) is 0.357. The van der Waals surface area contributed by atoms with Gasteiger partial charge in [0.15, 0.2) is 0 Å². The van der Waals surface area contributed by atoms with Gasteiger partial charge in [-0.15, -0.1) is 0 Å². The Bertz CT molecular complexity index is 584. The van der Waals surface area contributed by atoms with Crippen LogP contribution in [0.1, 0.15) is 46.3 Å². The molecule has 0 spiro atoms. The van der Waals surface area contributed by atoms with Crippen LogP contribution in [0.2, 0.25) is 0 Å². The van der Waals surface area contributed by atoms with Gasteiger partial charge in [-0.2, -0.15) is 0 Å². The molecule has 2 atom stereocenters. The van der Waals surface area contributed by atoms with Crippen LogP contribution in [0.25, 0.3) is 0 Å². The molecular weight excluding hydrogens is 232 g/mol. The van der Waals surface area contributed by atoms with Crippen LogP contribution in [0.4, 0.5) is 0 Å². The molecule has 98 valence electrons. The van der Waals surface area contributed by atoms with Gasteiger partial charge < -0.3 is 5.73 Å². The Morgan fingerprint density at radius 3 is 2.63 bits per heavy atom. The second-order valence-corrected chi connectivity index (χ2v) is 5.52. The Morgan fingerprint density at radius 2 is 1.89 bits per heavy atom. The maximum Gasteiger partial charge on any atom is 0.0485 e. The number of benzene rings is 1. The molecule has 0 bridgehead atoms. The molecule has 1 aliphatic carbocycles. The topological polar surface area (TPSA) is 38.9 Å². The van der Waals surface area contributed by atoms with Gasteiger partial charge in [0.05, 0.1) is 0 Å². The molecular formula is C17H20N2. The summed E-state index contributed by atoms with van der Waals surface area (Å²) < 4.78 is 0. The molecule has 1 aromatic carbocycles. The van der Waals surface area contributed by atoms with Crippen molar-refractivity contribution in [2.45, 2.75) is 38.6 Å². The van der Waals surface area contributed by atoms with E-state index >= 15 is 0 Å². The third kappa shape index (κ3) is 2.06. The summed E-state index contributed by atoms with van der Waals surface area (Å²) in [7, 11) is 0. The van der Waals surface area contributed by atoms with Gasteiger partial charge in [-0.25, -0.2) is 0 Å². The molecule has 0 saturated carbocycles. The first kappa shape index (κ1) is 12.4. The summed E-state index contributed by atoms with van der Waals surface area (Å²) in [6, 6.07) is 10.7. The maximum atomic E-state index is 6.58. The van der Waals surface area contributed by atoms with Gasteiger partial charge in [-0.3, -0.25) is 4.98 Å². The summed E-state index contributed by atoms with van der Waals surface area (Å²) in [6.07, 6.45) is 4.10. The zero-order valence-corrected chi connectivity index (χ0v) is 11.6. The highest BCUT2D eigenvalue weighted by Crippen LogP contribution is 2.40. The molecule has 0 saturated heterocycles. The molecule has 2 aromatic rings. The van der Waals surface area contributed by atoms with Crippen molar-refractivity contribution in [3.05, 3.63) is 64.5 Å². The quantitative estimate of drug-likeness (QED) is 0.889. The Kier molecular flexibility index (Phi) is 3.11. The molecule has 0 radical (unpaired) electrons. The van der Waals surface area contributed by atoms with E-state index in [0.29, 0.717) is 5.92 Å². The van der Waals surface area contributed by atoms with Gasteiger partial charge in [0.2, 0.25) is 0 Å². The van der Waals surface area contributed by atoms with E-state index < -0.39 is 0 Å². The minimum absolute atomic E-state index is 0.0531. The first-order valence-corrected chi connectivity index (χ1v) is 6.94. The Morgan fingerprint density at radius 1 is 1.16 bits per heavy atom. The van der Waals surface area contributed by atoms with E-state index in [9.17, 15) is 0 Å². The number of aryl methyl sites for hydroxylation is 3. The van der Waals surface area contributed by atoms with Gasteiger partial charge in [-0.1, -0.05) is 24.3 Å².